The summed E-state index contributed by atoms with van der Waals surface area (Å²) in [5, 5.41) is 18.1. The molecule has 0 aliphatic rings. The van der Waals surface area contributed by atoms with Gasteiger partial charge in [0.05, 0.1) is 5.69 Å². The fourth-order valence-corrected chi connectivity index (χ4v) is 1.57. The average molecular weight is 282 g/mol. The van der Waals surface area contributed by atoms with Crippen molar-refractivity contribution >= 4 is 17.3 Å². The minimum Gasteiger partial charge on any atom is -0.361 e. The Morgan fingerprint density at radius 1 is 1.26 bits per heavy atom. The molecule has 0 radical (unpaired) electrons. The summed E-state index contributed by atoms with van der Waals surface area (Å²) >= 11 is 5.16. The van der Waals surface area contributed by atoms with Gasteiger partial charge >= 0.3 is 0 Å². The molecule has 0 saturated heterocycles. The Hall–Kier alpha value is -1.31. The largest absolute Gasteiger partial charge is 0.361 e. The van der Waals surface area contributed by atoms with Gasteiger partial charge in [0, 0.05) is 38.9 Å². The summed E-state index contributed by atoms with van der Waals surface area (Å²) in [6, 6.07) is 3.83. The Balaban J connectivity index is 1.97. The molecule has 1 rings (SSSR count). The van der Waals surface area contributed by atoms with Crippen LogP contribution < -0.4 is 16.0 Å². The van der Waals surface area contributed by atoms with Gasteiger partial charge in [-0.1, -0.05) is 0 Å². The van der Waals surface area contributed by atoms with Crippen molar-refractivity contribution in [2.45, 2.75) is 6.54 Å². The highest BCUT2D eigenvalue weighted by Crippen LogP contribution is 1.88. The fourth-order valence-electron chi connectivity index (χ4n) is 1.36. The monoisotopic (exact) mass is 282 g/mol. The molecule has 0 aliphatic heterocycles. The number of hydrogen-bond acceptors (Lipinski definition) is 5. The van der Waals surface area contributed by atoms with E-state index in [4.69, 9.17) is 12.2 Å². The summed E-state index contributed by atoms with van der Waals surface area (Å²) < 4.78 is 0. The summed E-state index contributed by atoms with van der Waals surface area (Å²) in [6.45, 7) is 4.15. The number of nitrogens with one attached hydrogen (secondary N) is 3. The van der Waals surface area contributed by atoms with Crippen LogP contribution in [0.5, 0.6) is 0 Å². The third kappa shape index (κ3) is 8.41. The fraction of sp³-hybridized carbons (Fsp3) is 0.583. The van der Waals surface area contributed by atoms with Crippen molar-refractivity contribution in [2.75, 3.05) is 40.3 Å². The van der Waals surface area contributed by atoms with Crippen molar-refractivity contribution < 1.29 is 0 Å². The van der Waals surface area contributed by atoms with Crippen LogP contribution in [0.4, 0.5) is 0 Å². The van der Waals surface area contributed by atoms with Gasteiger partial charge in [0.15, 0.2) is 5.11 Å². The number of thiocarbonyl (C=S) groups is 1. The molecule has 19 heavy (non-hydrogen) atoms. The van der Waals surface area contributed by atoms with Gasteiger partial charge in [-0.2, -0.15) is 10.2 Å². The summed E-state index contributed by atoms with van der Waals surface area (Å²) in [5.41, 5.74) is 0.939. The molecule has 1 heterocycles. The highest BCUT2D eigenvalue weighted by molar-refractivity contribution is 7.80. The van der Waals surface area contributed by atoms with E-state index < -0.39 is 0 Å². The van der Waals surface area contributed by atoms with Gasteiger partial charge in [0.2, 0.25) is 0 Å². The third-order valence-corrected chi connectivity index (χ3v) is 2.65. The smallest absolute Gasteiger partial charge is 0.166 e. The zero-order chi connectivity index (χ0) is 13.9. The second-order valence-electron chi connectivity index (χ2n) is 4.38. The number of rotatable bonds is 8. The molecule has 3 N–H and O–H groups in total. The van der Waals surface area contributed by atoms with Crippen molar-refractivity contribution in [3.05, 3.63) is 24.0 Å². The predicted molar refractivity (Wildman–Crippen MR) is 80.9 cm³/mol. The quantitative estimate of drug-likeness (QED) is 0.442. The summed E-state index contributed by atoms with van der Waals surface area (Å²) in [6.07, 6.45) is 1.67. The van der Waals surface area contributed by atoms with E-state index in [9.17, 15) is 0 Å². The first kappa shape index (κ1) is 15.7. The predicted octanol–water partition coefficient (Wildman–Crippen LogP) is -0.408. The van der Waals surface area contributed by atoms with Crippen molar-refractivity contribution in [3.63, 3.8) is 0 Å². The average Bonchev–Trinajstić information content (AvgIpc) is 2.39. The summed E-state index contributed by atoms with van der Waals surface area (Å²) in [7, 11) is 4.07. The van der Waals surface area contributed by atoms with Crippen LogP contribution in [0.1, 0.15) is 5.69 Å². The first-order chi connectivity index (χ1) is 9.18. The summed E-state index contributed by atoms with van der Waals surface area (Å²) in [4.78, 5) is 2.11. The summed E-state index contributed by atoms with van der Waals surface area (Å²) in [5.74, 6) is 0. The molecular weight excluding hydrogens is 260 g/mol. The van der Waals surface area contributed by atoms with E-state index in [1.165, 1.54) is 0 Å². The molecular formula is C12H22N6S. The molecule has 6 nitrogen and oxygen atoms in total. The Labute approximate surface area is 120 Å². The maximum atomic E-state index is 5.16. The Morgan fingerprint density at radius 3 is 2.74 bits per heavy atom. The normalized spacial score (nSPS) is 10.5. The van der Waals surface area contributed by atoms with E-state index in [1.807, 2.05) is 26.2 Å². The molecule has 0 aromatic carbocycles. The highest BCUT2D eigenvalue weighted by atomic mass is 32.1. The maximum Gasteiger partial charge on any atom is 0.166 e. The second-order valence-corrected chi connectivity index (χ2v) is 4.79. The van der Waals surface area contributed by atoms with Gasteiger partial charge in [-0.25, -0.2) is 0 Å². The molecule has 0 fully saturated rings. The molecule has 0 bridgehead atoms. The highest BCUT2D eigenvalue weighted by Gasteiger charge is 1.96. The molecule has 0 saturated carbocycles. The van der Waals surface area contributed by atoms with Crippen LogP contribution in [0, 0.1) is 0 Å². The van der Waals surface area contributed by atoms with E-state index in [0.29, 0.717) is 5.11 Å². The number of likely N-dealkylation sites (N-methyl/N-ethyl adjacent to an activating group) is 1. The van der Waals surface area contributed by atoms with Crippen molar-refractivity contribution in [1.29, 1.82) is 0 Å². The lowest BCUT2D eigenvalue weighted by Gasteiger charge is -2.13. The number of nitrogens with zero attached hydrogens (tertiary/aromatic N) is 3. The van der Waals surface area contributed by atoms with E-state index >= 15 is 0 Å². The lowest BCUT2D eigenvalue weighted by molar-refractivity contribution is 0.412. The van der Waals surface area contributed by atoms with Crippen molar-refractivity contribution in [3.8, 4) is 0 Å². The number of hydrogen-bond donors (Lipinski definition) is 3. The molecule has 1 aromatic heterocycles. The molecule has 0 aliphatic carbocycles. The first-order valence-corrected chi connectivity index (χ1v) is 6.73. The van der Waals surface area contributed by atoms with E-state index in [2.05, 4.69) is 31.0 Å². The molecule has 0 spiro atoms. The standard InChI is InChI=1S/C12H22N6S/c1-18(2)9-8-15-12(19)14-7-6-13-10-11-4-3-5-16-17-11/h3-5,13H,6-10H2,1-2H3,(H2,14,15,19). The Morgan fingerprint density at radius 2 is 2.05 bits per heavy atom. The molecule has 1 aromatic rings. The van der Waals surface area contributed by atoms with Gasteiger partial charge in [-0.15, -0.1) is 0 Å². The van der Waals surface area contributed by atoms with Crippen LogP contribution in [0.2, 0.25) is 0 Å². The number of aromatic nitrogens is 2. The van der Waals surface area contributed by atoms with Crippen LogP contribution in [0.15, 0.2) is 18.3 Å². The Bertz CT molecular complexity index is 356. The van der Waals surface area contributed by atoms with Gasteiger partial charge in [0.25, 0.3) is 0 Å². The molecule has 0 amide bonds. The van der Waals surface area contributed by atoms with Crippen molar-refractivity contribution in [2.24, 2.45) is 0 Å². The first-order valence-electron chi connectivity index (χ1n) is 6.32. The van der Waals surface area contributed by atoms with Gasteiger partial charge in [0.1, 0.15) is 0 Å². The zero-order valence-electron chi connectivity index (χ0n) is 11.5. The molecule has 0 unspecified atom stereocenters. The van der Waals surface area contributed by atoms with Gasteiger partial charge < -0.3 is 20.9 Å². The lowest BCUT2D eigenvalue weighted by atomic mass is 10.4. The third-order valence-electron chi connectivity index (χ3n) is 2.37. The van der Waals surface area contributed by atoms with Crippen LogP contribution in [-0.4, -0.2) is 60.5 Å². The maximum absolute atomic E-state index is 5.16. The van der Waals surface area contributed by atoms with Crippen LogP contribution in [-0.2, 0) is 6.54 Å². The molecule has 0 atom stereocenters. The minimum atomic E-state index is 0.697. The van der Waals surface area contributed by atoms with Gasteiger partial charge in [-0.3, -0.25) is 0 Å². The SMILES string of the molecule is CN(C)CCNC(=S)NCCNCc1cccnn1. The van der Waals surface area contributed by atoms with Crippen LogP contribution in [0.25, 0.3) is 0 Å². The Kier molecular flexibility index (Phi) is 7.95. The van der Waals surface area contributed by atoms with Gasteiger partial charge in [-0.05, 0) is 38.4 Å². The van der Waals surface area contributed by atoms with Crippen molar-refractivity contribution in [1.82, 2.24) is 31.0 Å². The minimum absolute atomic E-state index is 0.697. The topological polar surface area (TPSA) is 65.1 Å². The van der Waals surface area contributed by atoms with Crippen LogP contribution in [0.3, 0.4) is 0 Å². The second kappa shape index (κ2) is 9.60. The van der Waals surface area contributed by atoms with E-state index in [-0.39, 0.29) is 0 Å². The zero-order valence-corrected chi connectivity index (χ0v) is 12.3. The molecule has 7 heteroatoms. The van der Waals surface area contributed by atoms with Crippen LogP contribution >= 0.6 is 12.2 Å². The van der Waals surface area contributed by atoms with E-state index in [0.717, 1.165) is 38.4 Å². The lowest BCUT2D eigenvalue weighted by Crippen LogP contribution is -2.41. The van der Waals surface area contributed by atoms with E-state index in [1.54, 1.807) is 6.20 Å². The molecule has 106 valence electrons.